The first-order valence-corrected chi connectivity index (χ1v) is 11.2. The van der Waals surface area contributed by atoms with E-state index in [1.807, 2.05) is 13.8 Å². The first kappa shape index (κ1) is 17.6. The predicted octanol–water partition coefficient (Wildman–Crippen LogP) is 1.50. The lowest BCUT2D eigenvalue weighted by Crippen LogP contribution is -2.74. The zero-order valence-electron chi connectivity index (χ0n) is 15.7. The summed E-state index contributed by atoms with van der Waals surface area (Å²) in [5.74, 6) is -0.113. The number of epoxide rings is 2. The summed E-state index contributed by atoms with van der Waals surface area (Å²) in [6, 6.07) is 0. The van der Waals surface area contributed by atoms with Gasteiger partial charge in [0.1, 0.15) is 30.0 Å². The van der Waals surface area contributed by atoms with Crippen LogP contribution < -0.4 is 0 Å². The lowest BCUT2D eigenvalue weighted by Gasteiger charge is -2.57. The number of rotatable bonds is 1. The summed E-state index contributed by atoms with van der Waals surface area (Å²) in [6.45, 7) is 6.51. The molecule has 0 bridgehead atoms. The average molecular weight is 488 g/mol. The molecule has 0 amide bonds. The number of ether oxygens (including phenoxy) is 3. The van der Waals surface area contributed by atoms with Crippen LogP contribution in [0.15, 0.2) is 11.1 Å². The van der Waals surface area contributed by atoms with Crippen LogP contribution in [0.4, 0.5) is 0 Å². The second-order valence-electron chi connectivity index (χ2n) is 9.81. The molecular weight excluding hydrogens is 463 g/mol. The van der Waals surface area contributed by atoms with Gasteiger partial charge in [-0.25, -0.2) is 4.79 Å². The number of esters is 1. The number of cyclic esters (lactones) is 1. The highest BCUT2D eigenvalue weighted by molar-refractivity contribution is 14.1. The van der Waals surface area contributed by atoms with Gasteiger partial charge in [-0.3, -0.25) is 0 Å². The van der Waals surface area contributed by atoms with E-state index in [2.05, 4.69) is 29.5 Å². The number of aliphatic hydroxyl groups excluding tert-OH is 1. The second-order valence-corrected chi connectivity index (χ2v) is 11.1. The van der Waals surface area contributed by atoms with Gasteiger partial charge in [0.25, 0.3) is 0 Å². The SMILES string of the molecule is CC(C)[C@@]1(O)[C@@H](O)[C@]23OC2C[C@H]2C4=C(CC[C@]2(C)[C@@]32O[C@H]2[C@@H]1I)C(=O)OC4. The largest absolute Gasteiger partial charge is 0.458 e. The smallest absolute Gasteiger partial charge is 0.334 e. The normalized spacial score (nSPS) is 60.1. The van der Waals surface area contributed by atoms with E-state index in [4.69, 9.17) is 14.2 Å². The molecule has 6 aliphatic rings. The van der Waals surface area contributed by atoms with E-state index in [1.165, 1.54) is 0 Å². The molecule has 0 aromatic carbocycles. The van der Waals surface area contributed by atoms with Crippen LogP contribution in [-0.4, -0.2) is 61.8 Å². The fourth-order valence-electron chi connectivity index (χ4n) is 7.24. The van der Waals surface area contributed by atoms with Crippen LogP contribution in [0.25, 0.3) is 0 Å². The van der Waals surface area contributed by atoms with Crippen LogP contribution in [0.2, 0.25) is 0 Å². The Labute approximate surface area is 171 Å². The summed E-state index contributed by atoms with van der Waals surface area (Å²) in [7, 11) is 0. The van der Waals surface area contributed by atoms with Crippen molar-refractivity contribution in [3.63, 3.8) is 0 Å². The molecule has 1 unspecified atom stereocenters. The van der Waals surface area contributed by atoms with Crippen molar-refractivity contribution < 1.29 is 29.2 Å². The first-order chi connectivity index (χ1) is 12.7. The summed E-state index contributed by atoms with van der Waals surface area (Å²) in [5, 5.41) is 22.9. The van der Waals surface area contributed by atoms with Gasteiger partial charge in [-0.05, 0) is 36.7 Å². The molecule has 6 rings (SSSR count). The fraction of sp³-hybridized carbons (Fsp3) is 0.850. The van der Waals surface area contributed by atoms with Crippen molar-refractivity contribution >= 4 is 28.6 Å². The van der Waals surface area contributed by atoms with Gasteiger partial charge in [0.2, 0.25) is 0 Å². The minimum Gasteiger partial charge on any atom is -0.458 e. The molecule has 0 aromatic rings. The molecule has 2 saturated heterocycles. The Morgan fingerprint density at radius 2 is 2.04 bits per heavy atom. The van der Waals surface area contributed by atoms with Crippen LogP contribution >= 0.6 is 22.6 Å². The third kappa shape index (κ3) is 1.56. The van der Waals surface area contributed by atoms with Crippen LogP contribution in [0.3, 0.4) is 0 Å². The third-order valence-corrected chi connectivity index (χ3v) is 10.5. The van der Waals surface area contributed by atoms with E-state index in [9.17, 15) is 15.0 Å². The van der Waals surface area contributed by atoms with Gasteiger partial charge >= 0.3 is 5.97 Å². The lowest BCUT2D eigenvalue weighted by atomic mass is 9.46. The van der Waals surface area contributed by atoms with Crippen molar-refractivity contribution in [2.75, 3.05) is 6.61 Å². The Kier molecular flexibility index (Phi) is 3.09. The zero-order valence-corrected chi connectivity index (χ0v) is 17.9. The van der Waals surface area contributed by atoms with Gasteiger partial charge in [-0.1, -0.05) is 43.4 Å². The summed E-state index contributed by atoms with van der Waals surface area (Å²) in [6.07, 6.45) is 0.984. The zero-order chi connectivity index (χ0) is 19.1. The van der Waals surface area contributed by atoms with Crippen molar-refractivity contribution in [1.82, 2.24) is 0 Å². The minimum atomic E-state index is -1.24. The maximum absolute atomic E-state index is 12.1. The number of carbonyl (C=O) groups is 1. The average Bonchev–Trinajstić information content (AvgIpc) is 3.50. The highest BCUT2D eigenvalue weighted by atomic mass is 127. The van der Waals surface area contributed by atoms with Crippen LogP contribution in [0.1, 0.15) is 40.0 Å². The predicted molar refractivity (Wildman–Crippen MR) is 102 cm³/mol. The van der Waals surface area contributed by atoms with Crippen LogP contribution in [0.5, 0.6) is 0 Å². The molecule has 0 aromatic heterocycles. The van der Waals surface area contributed by atoms with Crippen molar-refractivity contribution in [3.05, 3.63) is 11.1 Å². The van der Waals surface area contributed by atoms with Crippen molar-refractivity contribution in [3.8, 4) is 0 Å². The van der Waals surface area contributed by atoms with E-state index >= 15 is 0 Å². The number of hydrogen-bond donors (Lipinski definition) is 2. The molecule has 7 heteroatoms. The van der Waals surface area contributed by atoms with E-state index in [1.54, 1.807) is 0 Å². The van der Waals surface area contributed by atoms with E-state index in [-0.39, 0.29) is 39.4 Å². The number of hydrogen-bond acceptors (Lipinski definition) is 6. The van der Waals surface area contributed by atoms with Gasteiger partial charge in [0.15, 0.2) is 5.60 Å². The molecule has 3 heterocycles. The Hall–Kier alpha value is -0.220. The molecule has 0 radical (unpaired) electrons. The topological polar surface area (TPSA) is 91.8 Å². The Morgan fingerprint density at radius 3 is 2.74 bits per heavy atom. The molecular formula is C20H25IO6. The molecule has 2 saturated carbocycles. The molecule has 3 aliphatic heterocycles. The van der Waals surface area contributed by atoms with Crippen LogP contribution in [0, 0.1) is 17.3 Å². The second kappa shape index (κ2) is 4.74. The maximum Gasteiger partial charge on any atom is 0.334 e. The molecule has 27 heavy (non-hydrogen) atoms. The van der Waals surface area contributed by atoms with Crippen molar-refractivity contribution in [2.45, 2.75) is 79.1 Å². The standard InChI is InChI=1S/C20H25IO6/c1-8(2)18(24)13(21)14-20(27-14)17(3)5-4-9-10(7-25-15(9)22)11(17)6-12-19(20,26-12)16(18)23/h8,11-14,16,23-24H,4-7H2,1-3H3/t11-,12?,13-,14-,16+,17-,18-,19+,20+/m0/s1. The first-order valence-electron chi connectivity index (χ1n) is 9.95. The van der Waals surface area contributed by atoms with Gasteiger partial charge < -0.3 is 24.4 Å². The third-order valence-electron chi connectivity index (χ3n) is 8.85. The monoisotopic (exact) mass is 488 g/mol. The molecule has 6 nitrogen and oxygen atoms in total. The van der Waals surface area contributed by atoms with Gasteiger partial charge in [-0.2, -0.15) is 0 Å². The molecule has 2 spiro atoms. The van der Waals surface area contributed by atoms with Crippen molar-refractivity contribution in [1.29, 1.82) is 0 Å². The Morgan fingerprint density at radius 1 is 1.30 bits per heavy atom. The Balaban J connectivity index is 1.50. The number of carbonyl (C=O) groups excluding carboxylic acids is 1. The van der Waals surface area contributed by atoms with Gasteiger partial charge in [0, 0.05) is 11.0 Å². The van der Waals surface area contributed by atoms with E-state index < -0.39 is 22.9 Å². The molecule has 9 atom stereocenters. The maximum atomic E-state index is 12.1. The number of alkyl halides is 1. The summed E-state index contributed by atoms with van der Waals surface area (Å²) >= 11 is 2.27. The fourth-order valence-corrected chi connectivity index (χ4v) is 8.96. The highest BCUT2D eigenvalue weighted by Gasteiger charge is 2.96. The summed E-state index contributed by atoms with van der Waals surface area (Å²) in [5.41, 5.74) is -0.935. The molecule has 2 N–H and O–H groups in total. The number of aliphatic hydroxyl groups is 2. The Bertz CT molecular complexity index is 810. The van der Waals surface area contributed by atoms with E-state index in [0.717, 1.165) is 24.0 Å². The van der Waals surface area contributed by atoms with E-state index in [0.29, 0.717) is 13.0 Å². The summed E-state index contributed by atoms with van der Waals surface area (Å²) < 4.78 is 17.9. The van der Waals surface area contributed by atoms with Gasteiger partial charge in [-0.15, -0.1) is 0 Å². The highest BCUT2D eigenvalue weighted by Crippen LogP contribution is 2.80. The van der Waals surface area contributed by atoms with Gasteiger partial charge in [0.05, 0.1) is 10.0 Å². The lowest BCUT2D eigenvalue weighted by molar-refractivity contribution is -0.174. The quantitative estimate of drug-likeness (QED) is 0.252. The molecule has 3 aliphatic carbocycles. The number of halogens is 1. The van der Waals surface area contributed by atoms with Crippen molar-refractivity contribution in [2.24, 2.45) is 17.3 Å². The molecule has 148 valence electrons. The summed E-state index contributed by atoms with van der Waals surface area (Å²) in [4.78, 5) is 12.1. The van der Waals surface area contributed by atoms with Crippen LogP contribution in [-0.2, 0) is 19.0 Å². The number of fused-ring (bicyclic) bond motifs is 2. The molecule has 4 fully saturated rings. The minimum absolute atomic E-state index is 0.108.